The van der Waals surface area contributed by atoms with Crippen molar-refractivity contribution in [2.45, 2.75) is 39.5 Å². The Balaban J connectivity index is 1.96. The molecule has 100 valence electrons. The van der Waals surface area contributed by atoms with Gasteiger partial charge in [-0.15, -0.1) is 0 Å². The number of anilines is 2. The Morgan fingerprint density at radius 3 is 2.72 bits per heavy atom. The number of nitrogens with zero attached hydrogens (tertiary/aromatic N) is 3. The van der Waals surface area contributed by atoms with Crippen LogP contribution in [0.25, 0.3) is 0 Å². The van der Waals surface area contributed by atoms with Crippen molar-refractivity contribution in [3.05, 3.63) is 12.4 Å². The third-order valence-electron chi connectivity index (χ3n) is 3.72. The summed E-state index contributed by atoms with van der Waals surface area (Å²) in [6, 6.07) is 2.07. The molecule has 0 bridgehead atoms. The van der Waals surface area contributed by atoms with Crippen LogP contribution >= 0.6 is 0 Å². The summed E-state index contributed by atoms with van der Waals surface area (Å²) in [5.41, 5.74) is 0. The zero-order valence-electron chi connectivity index (χ0n) is 11.5. The summed E-state index contributed by atoms with van der Waals surface area (Å²) in [5, 5.41) is 3.32. The molecule has 1 aromatic heterocycles. The number of nitrogens with one attached hydrogen (secondary N) is 1. The first-order valence-corrected chi connectivity index (χ1v) is 7.14. The molecule has 1 aliphatic heterocycles. The van der Waals surface area contributed by atoms with Gasteiger partial charge in [0, 0.05) is 25.7 Å². The molecule has 2 heterocycles. The Morgan fingerprint density at radius 1 is 1.28 bits per heavy atom. The Bertz CT molecular complexity index is 359. The van der Waals surface area contributed by atoms with Crippen LogP contribution in [0.15, 0.2) is 12.4 Å². The quantitative estimate of drug-likeness (QED) is 0.870. The maximum atomic E-state index is 4.40. The van der Waals surface area contributed by atoms with Crippen LogP contribution < -0.4 is 10.2 Å². The first kappa shape index (κ1) is 13.1. The molecule has 18 heavy (non-hydrogen) atoms. The van der Waals surface area contributed by atoms with E-state index in [1.54, 1.807) is 6.33 Å². The molecule has 0 amide bonds. The standard InChI is InChI=1S/C14H24N4/c1-3-7-15-13-10-14(17-11-16-13)18-8-5-12(4-2)6-9-18/h10-12H,3-9H2,1-2H3,(H,15,16,17). The van der Waals surface area contributed by atoms with Gasteiger partial charge in [-0.3, -0.25) is 0 Å². The summed E-state index contributed by atoms with van der Waals surface area (Å²) in [5.74, 6) is 2.92. The largest absolute Gasteiger partial charge is 0.370 e. The second-order valence-electron chi connectivity index (χ2n) is 5.03. The third kappa shape index (κ3) is 3.34. The molecular formula is C14H24N4. The average Bonchev–Trinajstić information content (AvgIpc) is 2.45. The predicted molar refractivity (Wildman–Crippen MR) is 76.0 cm³/mol. The monoisotopic (exact) mass is 248 g/mol. The molecule has 0 radical (unpaired) electrons. The van der Waals surface area contributed by atoms with Crippen LogP contribution in [0.4, 0.5) is 11.6 Å². The van der Waals surface area contributed by atoms with E-state index in [0.717, 1.165) is 43.6 Å². The van der Waals surface area contributed by atoms with Gasteiger partial charge < -0.3 is 10.2 Å². The van der Waals surface area contributed by atoms with Crippen molar-refractivity contribution in [2.75, 3.05) is 29.9 Å². The smallest absolute Gasteiger partial charge is 0.134 e. The van der Waals surface area contributed by atoms with Gasteiger partial charge in [-0.1, -0.05) is 20.3 Å². The van der Waals surface area contributed by atoms with Crippen molar-refractivity contribution in [3.63, 3.8) is 0 Å². The van der Waals surface area contributed by atoms with E-state index in [9.17, 15) is 0 Å². The number of aromatic nitrogens is 2. The van der Waals surface area contributed by atoms with E-state index in [1.165, 1.54) is 19.3 Å². The average molecular weight is 248 g/mol. The lowest BCUT2D eigenvalue weighted by Crippen LogP contribution is -2.34. The number of rotatable bonds is 5. The van der Waals surface area contributed by atoms with Gasteiger partial charge in [-0.05, 0) is 25.2 Å². The van der Waals surface area contributed by atoms with E-state index in [0.29, 0.717) is 0 Å². The molecule has 1 fully saturated rings. The fourth-order valence-corrected chi connectivity index (χ4v) is 2.44. The molecule has 0 spiro atoms. The summed E-state index contributed by atoms with van der Waals surface area (Å²) in [6.45, 7) is 7.67. The molecule has 1 aliphatic rings. The minimum atomic E-state index is 0.903. The molecule has 0 atom stereocenters. The van der Waals surface area contributed by atoms with Crippen LogP contribution in [-0.2, 0) is 0 Å². The van der Waals surface area contributed by atoms with Gasteiger partial charge in [0.2, 0.25) is 0 Å². The molecule has 1 N–H and O–H groups in total. The van der Waals surface area contributed by atoms with Crippen molar-refractivity contribution >= 4 is 11.6 Å². The van der Waals surface area contributed by atoms with Crippen LogP contribution in [0, 0.1) is 5.92 Å². The Morgan fingerprint density at radius 2 is 2.06 bits per heavy atom. The fraction of sp³-hybridized carbons (Fsp3) is 0.714. The van der Waals surface area contributed by atoms with Gasteiger partial charge in [0.25, 0.3) is 0 Å². The molecule has 0 unspecified atom stereocenters. The molecular weight excluding hydrogens is 224 g/mol. The molecule has 4 nitrogen and oxygen atoms in total. The predicted octanol–water partition coefficient (Wildman–Crippen LogP) is 2.92. The maximum Gasteiger partial charge on any atom is 0.134 e. The second-order valence-corrected chi connectivity index (χ2v) is 5.03. The van der Waals surface area contributed by atoms with Gasteiger partial charge >= 0.3 is 0 Å². The summed E-state index contributed by atoms with van der Waals surface area (Å²) in [4.78, 5) is 11.0. The van der Waals surface area contributed by atoms with E-state index in [4.69, 9.17) is 0 Å². The summed E-state index contributed by atoms with van der Waals surface area (Å²) in [7, 11) is 0. The van der Waals surface area contributed by atoms with E-state index in [-0.39, 0.29) is 0 Å². The van der Waals surface area contributed by atoms with Crippen LogP contribution in [0.2, 0.25) is 0 Å². The fourth-order valence-electron chi connectivity index (χ4n) is 2.44. The highest BCUT2D eigenvalue weighted by atomic mass is 15.2. The van der Waals surface area contributed by atoms with Crippen molar-refractivity contribution in [1.29, 1.82) is 0 Å². The SMILES string of the molecule is CCCNc1cc(N2CCC(CC)CC2)ncn1. The Kier molecular flexibility index (Phi) is 4.79. The van der Waals surface area contributed by atoms with E-state index < -0.39 is 0 Å². The molecule has 0 aliphatic carbocycles. The lowest BCUT2D eigenvalue weighted by Gasteiger charge is -2.32. The topological polar surface area (TPSA) is 41.0 Å². The van der Waals surface area contributed by atoms with E-state index in [1.807, 2.05) is 0 Å². The lowest BCUT2D eigenvalue weighted by molar-refractivity contribution is 0.393. The lowest BCUT2D eigenvalue weighted by atomic mass is 9.94. The van der Waals surface area contributed by atoms with Crippen LogP contribution in [0.1, 0.15) is 39.5 Å². The number of piperidine rings is 1. The zero-order chi connectivity index (χ0) is 12.8. The van der Waals surface area contributed by atoms with Gasteiger partial charge in [-0.25, -0.2) is 9.97 Å². The minimum Gasteiger partial charge on any atom is -0.370 e. The minimum absolute atomic E-state index is 0.903. The molecule has 1 aromatic rings. The molecule has 0 aromatic carbocycles. The highest BCUT2D eigenvalue weighted by molar-refractivity contribution is 5.48. The number of hydrogen-bond donors (Lipinski definition) is 1. The normalized spacial score (nSPS) is 16.9. The van der Waals surface area contributed by atoms with Gasteiger partial charge in [0.1, 0.15) is 18.0 Å². The summed E-state index contributed by atoms with van der Waals surface area (Å²) < 4.78 is 0. The highest BCUT2D eigenvalue weighted by Crippen LogP contribution is 2.24. The van der Waals surface area contributed by atoms with Crippen molar-refractivity contribution in [3.8, 4) is 0 Å². The van der Waals surface area contributed by atoms with Crippen molar-refractivity contribution in [2.24, 2.45) is 5.92 Å². The van der Waals surface area contributed by atoms with E-state index in [2.05, 4.69) is 40.1 Å². The summed E-state index contributed by atoms with van der Waals surface area (Å²) >= 11 is 0. The van der Waals surface area contributed by atoms with Crippen molar-refractivity contribution in [1.82, 2.24) is 9.97 Å². The molecule has 2 rings (SSSR count). The molecule has 0 saturated carbocycles. The summed E-state index contributed by atoms with van der Waals surface area (Å²) in [6.07, 6.45) is 6.66. The van der Waals surface area contributed by atoms with Gasteiger partial charge in [0.15, 0.2) is 0 Å². The van der Waals surface area contributed by atoms with Crippen LogP contribution in [0.5, 0.6) is 0 Å². The zero-order valence-corrected chi connectivity index (χ0v) is 11.5. The third-order valence-corrected chi connectivity index (χ3v) is 3.72. The Hall–Kier alpha value is -1.32. The van der Waals surface area contributed by atoms with Crippen LogP contribution in [0.3, 0.4) is 0 Å². The Labute approximate surface area is 110 Å². The van der Waals surface area contributed by atoms with Crippen molar-refractivity contribution < 1.29 is 0 Å². The maximum absolute atomic E-state index is 4.40. The van der Waals surface area contributed by atoms with Gasteiger partial charge in [0.05, 0.1) is 0 Å². The second kappa shape index (κ2) is 6.57. The first-order chi connectivity index (χ1) is 8.83. The van der Waals surface area contributed by atoms with Gasteiger partial charge in [-0.2, -0.15) is 0 Å². The van der Waals surface area contributed by atoms with E-state index >= 15 is 0 Å². The first-order valence-electron chi connectivity index (χ1n) is 7.14. The number of hydrogen-bond acceptors (Lipinski definition) is 4. The molecule has 4 heteroatoms. The highest BCUT2D eigenvalue weighted by Gasteiger charge is 2.18. The molecule has 1 saturated heterocycles. The van der Waals surface area contributed by atoms with Crippen LogP contribution in [-0.4, -0.2) is 29.6 Å².